The summed E-state index contributed by atoms with van der Waals surface area (Å²) in [7, 11) is 0. The standard InChI is InChI=1S/C14H22N2O2/c1-2-6-13(15)14(18)16(9-10-17)11-12-7-4-3-5-8-12/h3-5,7-8,13,17H,2,6,9-11,15H2,1H3. The highest BCUT2D eigenvalue weighted by Gasteiger charge is 2.19. The molecule has 1 aromatic carbocycles. The Morgan fingerprint density at radius 3 is 2.61 bits per heavy atom. The second-order valence-electron chi connectivity index (χ2n) is 4.36. The molecule has 0 saturated heterocycles. The lowest BCUT2D eigenvalue weighted by Crippen LogP contribution is -2.44. The minimum Gasteiger partial charge on any atom is -0.395 e. The van der Waals surface area contributed by atoms with E-state index in [1.807, 2.05) is 37.3 Å². The first-order chi connectivity index (χ1) is 8.69. The van der Waals surface area contributed by atoms with Crippen LogP contribution in [0.15, 0.2) is 30.3 Å². The Labute approximate surface area is 108 Å². The lowest BCUT2D eigenvalue weighted by Gasteiger charge is -2.25. The number of nitrogens with two attached hydrogens (primary N) is 1. The van der Waals surface area contributed by atoms with Crippen molar-refractivity contribution in [2.24, 2.45) is 5.73 Å². The van der Waals surface area contributed by atoms with E-state index in [-0.39, 0.29) is 12.5 Å². The molecule has 0 aliphatic heterocycles. The van der Waals surface area contributed by atoms with Crippen molar-refractivity contribution in [1.82, 2.24) is 4.90 Å². The van der Waals surface area contributed by atoms with Gasteiger partial charge < -0.3 is 15.7 Å². The van der Waals surface area contributed by atoms with E-state index in [4.69, 9.17) is 10.8 Å². The molecule has 1 atom stereocenters. The van der Waals surface area contributed by atoms with E-state index in [2.05, 4.69) is 0 Å². The van der Waals surface area contributed by atoms with Crippen LogP contribution >= 0.6 is 0 Å². The summed E-state index contributed by atoms with van der Waals surface area (Å²) in [4.78, 5) is 13.7. The minimum atomic E-state index is -0.467. The molecule has 0 bridgehead atoms. The molecule has 0 radical (unpaired) electrons. The van der Waals surface area contributed by atoms with Crippen molar-refractivity contribution in [3.8, 4) is 0 Å². The van der Waals surface area contributed by atoms with Gasteiger partial charge in [0.1, 0.15) is 0 Å². The molecule has 0 aliphatic rings. The maximum atomic E-state index is 12.1. The van der Waals surface area contributed by atoms with Gasteiger partial charge in [-0.2, -0.15) is 0 Å². The fourth-order valence-corrected chi connectivity index (χ4v) is 1.86. The molecule has 0 aliphatic carbocycles. The van der Waals surface area contributed by atoms with Crippen molar-refractivity contribution >= 4 is 5.91 Å². The van der Waals surface area contributed by atoms with Gasteiger partial charge >= 0.3 is 0 Å². The molecule has 4 heteroatoms. The highest BCUT2D eigenvalue weighted by atomic mass is 16.3. The third-order valence-electron chi connectivity index (χ3n) is 2.81. The van der Waals surface area contributed by atoms with Crippen molar-refractivity contribution in [1.29, 1.82) is 0 Å². The molecule has 100 valence electrons. The fraction of sp³-hybridized carbons (Fsp3) is 0.500. The van der Waals surface area contributed by atoms with Crippen LogP contribution in [0.1, 0.15) is 25.3 Å². The number of benzene rings is 1. The molecule has 0 fully saturated rings. The highest BCUT2D eigenvalue weighted by molar-refractivity contribution is 5.81. The largest absolute Gasteiger partial charge is 0.395 e. The number of amides is 1. The molecule has 0 heterocycles. The number of carbonyl (C=O) groups excluding carboxylic acids is 1. The summed E-state index contributed by atoms with van der Waals surface area (Å²) in [6, 6.07) is 9.26. The Hall–Kier alpha value is -1.39. The van der Waals surface area contributed by atoms with Gasteiger partial charge in [-0.15, -0.1) is 0 Å². The number of hydrogen-bond donors (Lipinski definition) is 2. The summed E-state index contributed by atoms with van der Waals surface area (Å²) in [6.45, 7) is 2.78. The van der Waals surface area contributed by atoms with Crippen molar-refractivity contribution in [3.63, 3.8) is 0 Å². The second-order valence-corrected chi connectivity index (χ2v) is 4.36. The summed E-state index contributed by atoms with van der Waals surface area (Å²) >= 11 is 0. The van der Waals surface area contributed by atoms with Crippen molar-refractivity contribution in [2.45, 2.75) is 32.4 Å². The average Bonchev–Trinajstić information content (AvgIpc) is 2.39. The first-order valence-electron chi connectivity index (χ1n) is 6.38. The van der Waals surface area contributed by atoms with Crippen LogP contribution in [-0.2, 0) is 11.3 Å². The van der Waals surface area contributed by atoms with E-state index >= 15 is 0 Å². The molecule has 1 rings (SSSR count). The average molecular weight is 250 g/mol. The Morgan fingerprint density at radius 1 is 1.39 bits per heavy atom. The molecule has 0 aromatic heterocycles. The Bertz CT molecular complexity index is 354. The van der Waals surface area contributed by atoms with Gasteiger partial charge in [-0.05, 0) is 12.0 Å². The zero-order valence-corrected chi connectivity index (χ0v) is 10.9. The summed E-state index contributed by atoms with van der Waals surface area (Å²) in [5.41, 5.74) is 6.88. The highest BCUT2D eigenvalue weighted by Crippen LogP contribution is 2.07. The van der Waals surface area contributed by atoms with Gasteiger partial charge in [-0.1, -0.05) is 43.7 Å². The Balaban J connectivity index is 2.67. The van der Waals surface area contributed by atoms with Crippen LogP contribution in [0.5, 0.6) is 0 Å². The van der Waals surface area contributed by atoms with Crippen LogP contribution < -0.4 is 5.73 Å². The van der Waals surface area contributed by atoms with E-state index in [1.165, 1.54) is 0 Å². The molecular weight excluding hydrogens is 228 g/mol. The van der Waals surface area contributed by atoms with Crippen molar-refractivity contribution in [3.05, 3.63) is 35.9 Å². The quantitative estimate of drug-likeness (QED) is 0.762. The zero-order chi connectivity index (χ0) is 13.4. The van der Waals surface area contributed by atoms with Gasteiger partial charge in [-0.3, -0.25) is 4.79 Å². The smallest absolute Gasteiger partial charge is 0.239 e. The van der Waals surface area contributed by atoms with Gasteiger partial charge in [0.25, 0.3) is 0 Å². The van der Waals surface area contributed by atoms with Gasteiger partial charge in [0.05, 0.1) is 12.6 Å². The maximum absolute atomic E-state index is 12.1. The summed E-state index contributed by atoms with van der Waals surface area (Å²) in [5, 5.41) is 9.04. The molecule has 0 spiro atoms. The number of aliphatic hydroxyl groups excluding tert-OH is 1. The van der Waals surface area contributed by atoms with E-state index in [0.29, 0.717) is 19.5 Å². The number of rotatable bonds is 7. The maximum Gasteiger partial charge on any atom is 0.239 e. The van der Waals surface area contributed by atoms with Crippen LogP contribution in [0.25, 0.3) is 0 Å². The third kappa shape index (κ3) is 4.47. The number of aliphatic hydroxyl groups is 1. The molecular formula is C14H22N2O2. The van der Waals surface area contributed by atoms with Gasteiger partial charge in [0.2, 0.25) is 5.91 Å². The van der Waals surface area contributed by atoms with Crippen LogP contribution in [0.2, 0.25) is 0 Å². The Morgan fingerprint density at radius 2 is 2.06 bits per heavy atom. The van der Waals surface area contributed by atoms with E-state index in [0.717, 1.165) is 12.0 Å². The van der Waals surface area contributed by atoms with E-state index in [9.17, 15) is 4.79 Å². The monoisotopic (exact) mass is 250 g/mol. The normalized spacial score (nSPS) is 12.2. The number of carbonyl (C=O) groups is 1. The van der Waals surface area contributed by atoms with Crippen LogP contribution in [0.4, 0.5) is 0 Å². The summed E-state index contributed by atoms with van der Waals surface area (Å²) in [5.74, 6) is -0.0882. The third-order valence-corrected chi connectivity index (χ3v) is 2.81. The Kier molecular flexibility index (Phi) is 6.39. The van der Waals surface area contributed by atoms with Gasteiger partial charge in [0, 0.05) is 13.1 Å². The first-order valence-corrected chi connectivity index (χ1v) is 6.38. The number of nitrogens with zero attached hydrogens (tertiary/aromatic N) is 1. The van der Waals surface area contributed by atoms with Crippen molar-refractivity contribution in [2.75, 3.05) is 13.2 Å². The van der Waals surface area contributed by atoms with Crippen LogP contribution in [-0.4, -0.2) is 35.1 Å². The van der Waals surface area contributed by atoms with Gasteiger partial charge in [0.15, 0.2) is 0 Å². The molecule has 1 amide bonds. The molecule has 1 unspecified atom stereocenters. The summed E-state index contributed by atoms with van der Waals surface area (Å²) in [6.07, 6.45) is 1.56. The second kappa shape index (κ2) is 7.84. The SMILES string of the molecule is CCCC(N)C(=O)N(CCO)Cc1ccccc1. The molecule has 18 heavy (non-hydrogen) atoms. The first kappa shape index (κ1) is 14.7. The lowest BCUT2D eigenvalue weighted by atomic mass is 10.1. The van der Waals surface area contributed by atoms with Crippen molar-refractivity contribution < 1.29 is 9.90 Å². The zero-order valence-electron chi connectivity index (χ0n) is 10.9. The minimum absolute atomic E-state index is 0.0442. The molecule has 4 nitrogen and oxygen atoms in total. The predicted molar refractivity (Wildman–Crippen MR) is 71.8 cm³/mol. The van der Waals surface area contributed by atoms with E-state index < -0.39 is 6.04 Å². The van der Waals surface area contributed by atoms with Crippen LogP contribution in [0, 0.1) is 0 Å². The molecule has 1 aromatic rings. The van der Waals surface area contributed by atoms with E-state index in [1.54, 1.807) is 4.90 Å². The van der Waals surface area contributed by atoms with Gasteiger partial charge in [-0.25, -0.2) is 0 Å². The molecule has 3 N–H and O–H groups in total. The van der Waals surface area contributed by atoms with Crippen LogP contribution in [0.3, 0.4) is 0 Å². The summed E-state index contributed by atoms with van der Waals surface area (Å²) < 4.78 is 0. The molecule has 0 saturated carbocycles. The predicted octanol–water partition coefficient (Wildman–Crippen LogP) is 1.13. The lowest BCUT2D eigenvalue weighted by molar-refractivity contribution is -0.133. The number of hydrogen-bond acceptors (Lipinski definition) is 3. The topological polar surface area (TPSA) is 66.6 Å². The fourth-order valence-electron chi connectivity index (χ4n) is 1.86.